The highest BCUT2D eigenvalue weighted by atomic mass is 35.5. The number of benzene rings is 1. The van der Waals surface area contributed by atoms with Crippen LogP contribution in [0.2, 0.25) is 5.02 Å². The molecule has 31 heavy (non-hydrogen) atoms. The highest BCUT2D eigenvalue weighted by Crippen LogP contribution is 2.40. The molecule has 1 atom stereocenters. The molecular formula is C22H25ClN4O4. The van der Waals surface area contributed by atoms with Gasteiger partial charge in [0.1, 0.15) is 5.76 Å². The number of H-pyrrole nitrogens is 1. The lowest BCUT2D eigenvalue weighted by molar-refractivity contribution is -0.140. The number of nitrogens with one attached hydrogen (secondary N) is 1. The van der Waals surface area contributed by atoms with Gasteiger partial charge in [0.2, 0.25) is 0 Å². The van der Waals surface area contributed by atoms with E-state index in [9.17, 15) is 14.7 Å². The molecule has 8 nitrogen and oxygen atoms in total. The minimum atomic E-state index is -0.702. The van der Waals surface area contributed by atoms with E-state index in [0.717, 1.165) is 13.1 Å². The summed E-state index contributed by atoms with van der Waals surface area (Å²) in [4.78, 5) is 29.8. The molecule has 4 rings (SSSR count). The molecule has 1 aromatic heterocycles. The standard InChI is InChI=1S/C22H25ClN4O4/c1-13-17(14(2)25-24-13)20(28)18-19(15-3-5-16(23)6-4-15)27(22(30)21(18)29)8-7-26-9-11-31-12-10-26/h3-6,19,28H,7-12H2,1-2H3,(H,24,25)/b20-18+. The van der Waals surface area contributed by atoms with Gasteiger partial charge >= 0.3 is 0 Å². The largest absolute Gasteiger partial charge is 0.507 e. The second kappa shape index (κ2) is 8.82. The highest BCUT2D eigenvalue weighted by molar-refractivity contribution is 6.46. The number of amides is 1. The third kappa shape index (κ3) is 4.11. The summed E-state index contributed by atoms with van der Waals surface area (Å²) < 4.78 is 5.39. The maximum Gasteiger partial charge on any atom is 0.295 e. The molecule has 0 radical (unpaired) electrons. The van der Waals surface area contributed by atoms with Crippen LogP contribution in [-0.4, -0.2) is 76.2 Å². The Morgan fingerprint density at radius 2 is 1.87 bits per heavy atom. The number of likely N-dealkylation sites (tertiary alicyclic amines) is 1. The summed E-state index contributed by atoms with van der Waals surface area (Å²) in [6, 6.07) is 6.29. The number of aromatic amines is 1. The van der Waals surface area contributed by atoms with Crippen LogP contribution in [0.1, 0.15) is 28.6 Å². The minimum Gasteiger partial charge on any atom is -0.507 e. The SMILES string of the molecule is Cc1n[nH]c(C)c1/C(O)=C1\C(=O)C(=O)N(CCN2CCOCC2)C1c1ccc(Cl)cc1. The first-order chi connectivity index (χ1) is 14.9. The van der Waals surface area contributed by atoms with E-state index in [2.05, 4.69) is 15.1 Å². The molecule has 0 spiro atoms. The van der Waals surface area contributed by atoms with Crippen LogP contribution >= 0.6 is 11.6 Å². The fraction of sp³-hybridized carbons (Fsp3) is 0.409. The Hall–Kier alpha value is -2.68. The second-order valence-corrected chi connectivity index (χ2v) is 8.24. The number of halogens is 1. The van der Waals surface area contributed by atoms with Gasteiger partial charge in [-0.15, -0.1) is 0 Å². The van der Waals surface area contributed by atoms with Gasteiger partial charge in [0, 0.05) is 36.9 Å². The number of ether oxygens (including phenoxy) is 1. The van der Waals surface area contributed by atoms with Crippen molar-refractivity contribution in [2.24, 2.45) is 0 Å². The Morgan fingerprint density at radius 1 is 1.19 bits per heavy atom. The average Bonchev–Trinajstić information content (AvgIpc) is 3.23. The van der Waals surface area contributed by atoms with Crippen LogP contribution in [-0.2, 0) is 14.3 Å². The molecular weight excluding hydrogens is 420 g/mol. The maximum absolute atomic E-state index is 13.1. The molecule has 2 N–H and O–H groups in total. The molecule has 2 aliphatic heterocycles. The summed E-state index contributed by atoms with van der Waals surface area (Å²) in [5.74, 6) is -1.52. The molecule has 0 saturated carbocycles. The number of rotatable bonds is 5. The number of morpholine rings is 1. The molecule has 1 aromatic carbocycles. The van der Waals surface area contributed by atoms with Crippen LogP contribution in [0.5, 0.6) is 0 Å². The Kier molecular flexibility index (Phi) is 6.13. The summed E-state index contributed by atoms with van der Waals surface area (Å²) in [6.45, 7) is 7.34. The highest BCUT2D eigenvalue weighted by Gasteiger charge is 2.46. The monoisotopic (exact) mass is 444 g/mol. The summed E-state index contributed by atoms with van der Waals surface area (Å²) in [6.07, 6.45) is 0. The molecule has 2 fully saturated rings. The van der Waals surface area contributed by atoms with Crippen LogP contribution in [0.15, 0.2) is 29.8 Å². The third-order valence-electron chi connectivity index (χ3n) is 5.85. The van der Waals surface area contributed by atoms with Crippen molar-refractivity contribution in [1.29, 1.82) is 0 Å². The van der Waals surface area contributed by atoms with E-state index in [1.807, 2.05) is 0 Å². The predicted octanol–water partition coefficient (Wildman–Crippen LogP) is 2.43. The van der Waals surface area contributed by atoms with E-state index >= 15 is 0 Å². The quantitative estimate of drug-likeness (QED) is 0.417. The summed E-state index contributed by atoms with van der Waals surface area (Å²) in [5, 5.41) is 18.6. The van der Waals surface area contributed by atoms with Crippen molar-refractivity contribution in [3.63, 3.8) is 0 Å². The van der Waals surface area contributed by atoms with Gasteiger partial charge in [0.05, 0.1) is 36.1 Å². The first kappa shape index (κ1) is 21.5. The molecule has 0 aliphatic carbocycles. The summed E-state index contributed by atoms with van der Waals surface area (Å²) in [7, 11) is 0. The van der Waals surface area contributed by atoms with Crippen molar-refractivity contribution >= 4 is 29.1 Å². The lowest BCUT2D eigenvalue weighted by atomic mass is 9.95. The van der Waals surface area contributed by atoms with Crippen molar-refractivity contribution in [3.05, 3.63) is 57.4 Å². The fourth-order valence-corrected chi connectivity index (χ4v) is 4.34. The molecule has 2 aromatic rings. The number of carbonyl (C=O) groups excluding carboxylic acids is 2. The fourth-order valence-electron chi connectivity index (χ4n) is 4.21. The van der Waals surface area contributed by atoms with Crippen molar-refractivity contribution in [3.8, 4) is 0 Å². The van der Waals surface area contributed by atoms with Crippen molar-refractivity contribution < 1.29 is 19.4 Å². The van der Waals surface area contributed by atoms with Gasteiger partial charge in [-0.05, 0) is 31.5 Å². The van der Waals surface area contributed by atoms with E-state index < -0.39 is 17.7 Å². The Labute approximate surface area is 185 Å². The van der Waals surface area contributed by atoms with Gasteiger partial charge in [-0.25, -0.2) is 0 Å². The number of hydrogen-bond acceptors (Lipinski definition) is 6. The van der Waals surface area contributed by atoms with Gasteiger partial charge in [-0.3, -0.25) is 19.6 Å². The van der Waals surface area contributed by atoms with E-state index in [1.54, 1.807) is 38.1 Å². The van der Waals surface area contributed by atoms with Crippen molar-refractivity contribution in [1.82, 2.24) is 20.0 Å². The lowest BCUT2D eigenvalue weighted by Gasteiger charge is -2.31. The zero-order valence-electron chi connectivity index (χ0n) is 17.5. The number of aliphatic hydroxyl groups is 1. The topological polar surface area (TPSA) is 98.8 Å². The molecule has 164 valence electrons. The van der Waals surface area contributed by atoms with E-state index in [-0.39, 0.29) is 11.3 Å². The van der Waals surface area contributed by atoms with Gasteiger partial charge in [-0.1, -0.05) is 23.7 Å². The summed E-state index contributed by atoms with van der Waals surface area (Å²) >= 11 is 6.06. The first-order valence-electron chi connectivity index (χ1n) is 10.2. The number of hydrogen-bond donors (Lipinski definition) is 2. The van der Waals surface area contributed by atoms with Crippen LogP contribution in [0, 0.1) is 13.8 Å². The molecule has 0 bridgehead atoms. The number of aryl methyl sites for hydroxylation is 2. The number of aliphatic hydroxyl groups excluding tert-OH is 1. The van der Waals surface area contributed by atoms with Crippen LogP contribution in [0.3, 0.4) is 0 Å². The van der Waals surface area contributed by atoms with Crippen LogP contribution in [0.25, 0.3) is 5.76 Å². The van der Waals surface area contributed by atoms with E-state index in [4.69, 9.17) is 16.3 Å². The predicted molar refractivity (Wildman–Crippen MR) is 116 cm³/mol. The molecule has 3 heterocycles. The Morgan fingerprint density at radius 3 is 2.48 bits per heavy atom. The van der Waals surface area contributed by atoms with Crippen molar-refractivity contribution in [2.75, 3.05) is 39.4 Å². The second-order valence-electron chi connectivity index (χ2n) is 7.81. The van der Waals surface area contributed by atoms with E-state index in [1.165, 1.54) is 4.90 Å². The number of aromatic nitrogens is 2. The molecule has 2 saturated heterocycles. The molecule has 2 aliphatic rings. The molecule has 1 unspecified atom stereocenters. The molecule has 9 heteroatoms. The third-order valence-corrected chi connectivity index (χ3v) is 6.10. The van der Waals surface area contributed by atoms with Crippen molar-refractivity contribution in [2.45, 2.75) is 19.9 Å². The minimum absolute atomic E-state index is 0.0712. The van der Waals surface area contributed by atoms with Crippen LogP contribution < -0.4 is 0 Å². The Balaban J connectivity index is 1.75. The van der Waals surface area contributed by atoms with Gasteiger partial charge in [0.25, 0.3) is 11.7 Å². The smallest absolute Gasteiger partial charge is 0.295 e. The van der Waals surface area contributed by atoms with Gasteiger partial charge in [0.15, 0.2) is 0 Å². The summed E-state index contributed by atoms with van der Waals surface area (Å²) in [5.41, 5.74) is 2.42. The average molecular weight is 445 g/mol. The normalized spacial score (nSPS) is 21.8. The van der Waals surface area contributed by atoms with E-state index in [0.29, 0.717) is 53.8 Å². The van der Waals surface area contributed by atoms with Gasteiger partial charge < -0.3 is 14.7 Å². The zero-order chi connectivity index (χ0) is 22.1. The Bertz CT molecular complexity index is 1010. The van der Waals surface area contributed by atoms with Crippen LogP contribution in [0.4, 0.5) is 0 Å². The number of Topliss-reactive ketones (excluding diaryl/α,β-unsaturated/α-hetero) is 1. The number of ketones is 1. The number of carbonyl (C=O) groups is 2. The first-order valence-corrected chi connectivity index (χ1v) is 10.6. The number of nitrogens with zero attached hydrogens (tertiary/aromatic N) is 3. The maximum atomic E-state index is 13.1. The van der Waals surface area contributed by atoms with Gasteiger partial charge in [-0.2, -0.15) is 5.10 Å². The zero-order valence-corrected chi connectivity index (χ0v) is 18.3. The lowest BCUT2D eigenvalue weighted by Crippen LogP contribution is -2.42. The molecule has 1 amide bonds.